The molecule has 4 rings (SSSR count). The lowest BCUT2D eigenvalue weighted by atomic mass is 9.84. The van der Waals surface area contributed by atoms with Gasteiger partial charge in [0, 0.05) is 30.8 Å². The van der Waals surface area contributed by atoms with Gasteiger partial charge in [-0.1, -0.05) is 24.3 Å². The van der Waals surface area contributed by atoms with E-state index in [2.05, 4.69) is 10.2 Å². The number of nitrogens with one attached hydrogen (secondary N) is 1. The van der Waals surface area contributed by atoms with Gasteiger partial charge in [0.25, 0.3) is 0 Å². The lowest BCUT2D eigenvalue weighted by Crippen LogP contribution is -2.37. The zero-order chi connectivity index (χ0) is 26.3. The molecule has 0 unspecified atom stereocenters. The van der Waals surface area contributed by atoms with Crippen LogP contribution in [0.25, 0.3) is 6.08 Å². The van der Waals surface area contributed by atoms with Gasteiger partial charge < -0.3 is 19.1 Å². The Morgan fingerprint density at radius 1 is 1.05 bits per heavy atom. The van der Waals surface area contributed by atoms with Gasteiger partial charge in [0.2, 0.25) is 5.91 Å². The molecule has 1 amide bonds. The molecule has 200 valence electrons. The van der Waals surface area contributed by atoms with Crippen LogP contribution in [-0.2, 0) is 27.8 Å². The monoisotopic (exact) mass is 526 g/mol. The highest BCUT2D eigenvalue weighted by molar-refractivity contribution is 7.86. The Morgan fingerprint density at radius 3 is 2.51 bits per heavy atom. The van der Waals surface area contributed by atoms with E-state index in [0.717, 1.165) is 75.7 Å². The first-order valence-corrected chi connectivity index (χ1v) is 15.0. The van der Waals surface area contributed by atoms with E-state index >= 15 is 0 Å². The number of nitrogens with zero attached hydrogens (tertiary/aromatic N) is 1. The van der Waals surface area contributed by atoms with E-state index in [1.165, 1.54) is 17.5 Å². The smallest absolute Gasteiger partial charge is 0.306 e. The average Bonchev–Trinajstić information content (AvgIpc) is 3.08. The van der Waals surface area contributed by atoms with Crippen molar-refractivity contribution in [1.82, 2.24) is 10.2 Å². The predicted octanol–water partition coefficient (Wildman–Crippen LogP) is 4.21. The minimum atomic E-state index is -3.51. The highest BCUT2D eigenvalue weighted by Gasteiger charge is 2.23. The van der Waals surface area contributed by atoms with E-state index in [0.29, 0.717) is 11.7 Å². The van der Waals surface area contributed by atoms with Crippen molar-refractivity contribution >= 4 is 22.1 Å². The van der Waals surface area contributed by atoms with E-state index in [4.69, 9.17) is 8.92 Å². The first kappa shape index (κ1) is 27.2. The Balaban J connectivity index is 1.18. The van der Waals surface area contributed by atoms with Gasteiger partial charge in [0.05, 0.1) is 13.4 Å². The lowest BCUT2D eigenvalue weighted by molar-refractivity contribution is -0.117. The summed E-state index contributed by atoms with van der Waals surface area (Å²) >= 11 is 0. The van der Waals surface area contributed by atoms with E-state index in [1.807, 2.05) is 36.4 Å². The maximum absolute atomic E-state index is 12.4. The SMILES string of the molecule is COc1ccccc1/C=C/C(=O)NC1CCC(CCN2CCc3ccc(OS(C)(=O)=O)cc3CC2)CC1. The van der Waals surface area contributed by atoms with Gasteiger partial charge in [0.1, 0.15) is 11.5 Å². The standard InChI is InChI=1S/C29H38N2O5S/c1-35-28-6-4-3-5-24(28)10-14-29(32)30-26-11-7-22(8-12-26)15-18-31-19-16-23-9-13-27(36-37(2,33)34)21-25(23)17-20-31/h3-6,9-10,13-14,21-22,26H,7-8,11-12,15-20H2,1-2H3,(H,30,32)/b14-10+. The number of ether oxygens (including phenoxy) is 1. The number of fused-ring (bicyclic) bond motifs is 1. The Hall–Kier alpha value is -2.84. The molecule has 0 atom stereocenters. The van der Waals surface area contributed by atoms with E-state index in [-0.39, 0.29) is 11.9 Å². The van der Waals surface area contributed by atoms with Crippen molar-refractivity contribution in [2.75, 3.05) is 33.0 Å². The molecule has 2 aromatic carbocycles. The third-order valence-electron chi connectivity index (χ3n) is 7.42. The largest absolute Gasteiger partial charge is 0.496 e. The van der Waals surface area contributed by atoms with E-state index < -0.39 is 10.1 Å². The number of carbonyl (C=O) groups excluding carboxylic acids is 1. The first-order valence-electron chi connectivity index (χ1n) is 13.1. The van der Waals surface area contributed by atoms with Crippen LogP contribution >= 0.6 is 0 Å². The van der Waals surface area contributed by atoms with Gasteiger partial charge >= 0.3 is 10.1 Å². The van der Waals surface area contributed by atoms with Crippen LogP contribution < -0.4 is 14.2 Å². The minimum absolute atomic E-state index is 0.0522. The summed E-state index contributed by atoms with van der Waals surface area (Å²) in [6.45, 7) is 3.06. The lowest BCUT2D eigenvalue weighted by Gasteiger charge is -2.30. The molecule has 7 nitrogen and oxygen atoms in total. The number of amides is 1. The number of methoxy groups -OCH3 is 1. The highest BCUT2D eigenvalue weighted by atomic mass is 32.2. The Morgan fingerprint density at radius 2 is 1.78 bits per heavy atom. The van der Waals surface area contributed by atoms with Crippen molar-refractivity contribution in [3.8, 4) is 11.5 Å². The molecule has 1 aliphatic carbocycles. The van der Waals surface area contributed by atoms with Gasteiger partial charge in [-0.2, -0.15) is 8.42 Å². The number of benzene rings is 2. The number of hydrogen-bond acceptors (Lipinski definition) is 6. The van der Waals surface area contributed by atoms with Crippen molar-refractivity contribution in [3.05, 3.63) is 65.2 Å². The van der Waals surface area contributed by atoms with Crippen molar-refractivity contribution in [1.29, 1.82) is 0 Å². The third-order valence-corrected chi connectivity index (χ3v) is 7.92. The fourth-order valence-corrected chi connectivity index (χ4v) is 5.83. The highest BCUT2D eigenvalue weighted by Crippen LogP contribution is 2.28. The van der Waals surface area contributed by atoms with Crippen LogP contribution in [0.2, 0.25) is 0 Å². The molecule has 1 saturated carbocycles. The molecule has 1 fully saturated rings. The van der Waals surface area contributed by atoms with Crippen LogP contribution in [0.3, 0.4) is 0 Å². The van der Waals surface area contributed by atoms with Gasteiger partial charge in [-0.15, -0.1) is 0 Å². The average molecular weight is 527 g/mol. The summed E-state index contributed by atoms with van der Waals surface area (Å²) in [5.74, 6) is 1.79. The Kier molecular flexibility index (Phi) is 9.27. The van der Waals surface area contributed by atoms with Crippen LogP contribution in [-0.4, -0.2) is 58.3 Å². The molecular weight excluding hydrogens is 488 g/mol. The van der Waals surface area contributed by atoms with E-state index in [9.17, 15) is 13.2 Å². The zero-order valence-electron chi connectivity index (χ0n) is 21.8. The van der Waals surface area contributed by atoms with Crippen LogP contribution in [0.1, 0.15) is 48.8 Å². The predicted molar refractivity (Wildman–Crippen MR) is 146 cm³/mol. The van der Waals surface area contributed by atoms with Gasteiger partial charge in [-0.25, -0.2) is 0 Å². The second-order valence-corrected chi connectivity index (χ2v) is 11.7. The number of rotatable bonds is 9. The van der Waals surface area contributed by atoms with Crippen molar-refractivity contribution in [2.24, 2.45) is 5.92 Å². The Bertz CT molecular complexity index is 1200. The number of hydrogen-bond donors (Lipinski definition) is 1. The number of carbonyl (C=O) groups is 1. The van der Waals surface area contributed by atoms with Gasteiger partial charge in [-0.05, 0) is 92.8 Å². The maximum atomic E-state index is 12.4. The summed E-state index contributed by atoms with van der Waals surface area (Å²) in [5.41, 5.74) is 3.35. The summed E-state index contributed by atoms with van der Waals surface area (Å²) in [4.78, 5) is 15.0. The molecule has 1 heterocycles. The van der Waals surface area contributed by atoms with Crippen LogP contribution in [0.5, 0.6) is 11.5 Å². The molecule has 0 aromatic heterocycles. The molecule has 1 aliphatic heterocycles. The molecule has 0 radical (unpaired) electrons. The quantitative estimate of drug-likeness (QED) is 0.389. The molecule has 8 heteroatoms. The molecule has 2 aliphatic rings. The second-order valence-electron chi connectivity index (χ2n) is 10.1. The summed E-state index contributed by atoms with van der Waals surface area (Å²) < 4.78 is 33.3. The number of para-hydroxylation sites is 1. The molecule has 37 heavy (non-hydrogen) atoms. The molecule has 1 N–H and O–H groups in total. The summed E-state index contributed by atoms with van der Waals surface area (Å²) in [6, 6.07) is 13.5. The molecule has 0 saturated heterocycles. The van der Waals surface area contributed by atoms with Crippen molar-refractivity contribution in [2.45, 2.75) is 51.0 Å². The minimum Gasteiger partial charge on any atom is -0.496 e. The topological polar surface area (TPSA) is 84.9 Å². The fraction of sp³-hybridized carbons (Fsp3) is 0.483. The van der Waals surface area contributed by atoms with Gasteiger partial charge in [0.15, 0.2) is 0 Å². The van der Waals surface area contributed by atoms with Crippen LogP contribution in [0.15, 0.2) is 48.5 Å². The fourth-order valence-electron chi connectivity index (χ4n) is 5.38. The van der Waals surface area contributed by atoms with Crippen LogP contribution in [0, 0.1) is 5.92 Å². The molecule has 0 spiro atoms. The second kappa shape index (κ2) is 12.6. The summed E-state index contributed by atoms with van der Waals surface area (Å²) in [6.07, 6.45) is 11.8. The first-order chi connectivity index (χ1) is 17.8. The normalized spacial score (nSPS) is 20.7. The zero-order valence-corrected chi connectivity index (χ0v) is 22.6. The summed E-state index contributed by atoms with van der Waals surface area (Å²) in [7, 11) is -1.88. The van der Waals surface area contributed by atoms with E-state index in [1.54, 1.807) is 25.3 Å². The van der Waals surface area contributed by atoms with Crippen LogP contribution in [0.4, 0.5) is 0 Å². The molecule has 0 bridgehead atoms. The maximum Gasteiger partial charge on any atom is 0.306 e. The Labute approximate surface area is 221 Å². The molecule has 2 aromatic rings. The molecular formula is C29H38N2O5S. The van der Waals surface area contributed by atoms with Crippen molar-refractivity contribution in [3.63, 3.8) is 0 Å². The van der Waals surface area contributed by atoms with Gasteiger partial charge in [-0.3, -0.25) is 4.79 Å². The third kappa shape index (κ3) is 8.33. The van der Waals surface area contributed by atoms with Crippen molar-refractivity contribution < 1.29 is 22.1 Å². The summed E-state index contributed by atoms with van der Waals surface area (Å²) in [5, 5.41) is 3.16.